The van der Waals surface area contributed by atoms with Gasteiger partial charge in [0.1, 0.15) is 5.82 Å². The minimum absolute atomic E-state index is 0.0952. The van der Waals surface area contributed by atoms with Crippen molar-refractivity contribution in [1.82, 2.24) is 20.7 Å². The van der Waals surface area contributed by atoms with Crippen LogP contribution in [0.2, 0.25) is 0 Å². The SMILES string of the molecule is CCN1CCCC1C(=O)N1CCC(C2NNCC2c2cccc(F)c2)CC1. The molecule has 0 radical (unpaired) electrons. The Bertz CT molecular complexity index is 661. The molecule has 148 valence electrons. The van der Waals surface area contributed by atoms with Gasteiger partial charge in [0.05, 0.1) is 6.04 Å². The van der Waals surface area contributed by atoms with Crippen LogP contribution in [0.5, 0.6) is 0 Å². The van der Waals surface area contributed by atoms with Gasteiger partial charge in [-0.15, -0.1) is 0 Å². The lowest BCUT2D eigenvalue weighted by Gasteiger charge is -2.38. The van der Waals surface area contributed by atoms with Crippen LogP contribution in [0, 0.1) is 11.7 Å². The van der Waals surface area contributed by atoms with E-state index in [1.807, 2.05) is 6.07 Å². The fourth-order valence-corrected chi connectivity index (χ4v) is 5.20. The number of piperidine rings is 1. The maximum atomic E-state index is 13.6. The quantitative estimate of drug-likeness (QED) is 0.848. The number of carbonyl (C=O) groups excluding carboxylic acids is 1. The predicted molar refractivity (Wildman–Crippen MR) is 104 cm³/mol. The van der Waals surface area contributed by atoms with E-state index in [0.717, 1.165) is 64.0 Å². The van der Waals surface area contributed by atoms with Crippen molar-refractivity contribution in [1.29, 1.82) is 0 Å². The molecule has 3 fully saturated rings. The van der Waals surface area contributed by atoms with Gasteiger partial charge in [-0.2, -0.15) is 0 Å². The van der Waals surface area contributed by atoms with Crippen molar-refractivity contribution in [2.45, 2.75) is 50.6 Å². The van der Waals surface area contributed by atoms with Crippen LogP contribution in [0.1, 0.15) is 44.1 Å². The Morgan fingerprint density at radius 2 is 2.04 bits per heavy atom. The minimum atomic E-state index is -0.171. The molecule has 5 nitrogen and oxygen atoms in total. The second kappa shape index (κ2) is 8.25. The van der Waals surface area contributed by atoms with E-state index in [0.29, 0.717) is 17.9 Å². The highest BCUT2D eigenvalue weighted by Crippen LogP contribution is 2.33. The first-order valence-electron chi connectivity index (χ1n) is 10.4. The number of halogens is 1. The molecule has 3 saturated heterocycles. The number of carbonyl (C=O) groups is 1. The normalized spacial score (nSPS) is 30.1. The monoisotopic (exact) mass is 374 g/mol. The summed E-state index contributed by atoms with van der Waals surface area (Å²) in [6.45, 7) is 6.65. The molecule has 2 N–H and O–H groups in total. The highest BCUT2D eigenvalue weighted by atomic mass is 19.1. The molecule has 1 amide bonds. The predicted octanol–water partition coefficient (Wildman–Crippen LogP) is 2.11. The summed E-state index contributed by atoms with van der Waals surface area (Å²) in [5.74, 6) is 0.934. The molecule has 0 aromatic heterocycles. The van der Waals surface area contributed by atoms with Crippen molar-refractivity contribution >= 4 is 5.91 Å². The molecule has 4 rings (SSSR count). The largest absolute Gasteiger partial charge is 0.341 e. The topological polar surface area (TPSA) is 47.6 Å². The molecule has 3 heterocycles. The lowest BCUT2D eigenvalue weighted by Crippen LogP contribution is -2.50. The van der Waals surface area contributed by atoms with E-state index in [4.69, 9.17) is 0 Å². The third kappa shape index (κ3) is 3.89. The van der Waals surface area contributed by atoms with Gasteiger partial charge in [0.15, 0.2) is 0 Å². The smallest absolute Gasteiger partial charge is 0.239 e. The van der Waals surface area contributed by atoms with Crippen molar-refractivity contribution in [3.05, 3.63) is 35.6 Å². The summed E-state index contributed by atoms with van der Waals surface area (Å²) in [7, 11) is 0. The zero-order valence-corrected chi connectivity index (χ0v) is 16.2. The van der Waals surface area contributed by atoms with E-state index >= 15 is 0 Å². The van der Waals surface area contributed by atoms with Gasteiger partial charge in [-0.3, -0.25) is 20.5 Å². The number of nitrogens with zero attached hydrogens (tertiary/aromatic N) is 2. The van der Waals surface area contributed by atoms with E-state index in [-0.39, 0.29) is 17.8 Å². The number of amides is 1. The van der Waals surface area contributed by atoms with Crippen LogP contribution in [0.25, 0.3) is 0 Å². The number of hydrogen-bond donors (Lipinski definition) is 2. The fraction of sp³-hybridized carbons (Fsp3) is 0.667. The fourth-order valence-electron chi connectivity index (χ4n) is 5.20. The molecule has 0 spiro atoms. The average Bonchev–Trinajstić information content (AvgIpc) is 3.37. The minimum Gasteiger partial charge on any atom is -0.341 e. The van der Waals surface area contributed by atoms with Crippen molar-refractivity contribution in [2.24, 2.45) is 5.92 Å². The Hall–Kier alpha value is -1.50. The Kier molecular flexibility index (Phi) is 5.76. The second-order valence-corrected chi connectivity index (χ2v) is 8.16. The van der Waals surface area contributed by atoms with E-state index in [1.54, 1.807) is 12.1 Å². The Labute approximate surface area is 161 Å². The first-order valence-corrected chi connectivity index (χ1v) is 10.4. The maximum Gasteiger partial charge on any atom is 0.239 e. The highest BCUT2D eigenvalue weighted by Gasteiger charge is 2.39. The molecule has 0 bridgehead atoms. The molecular formula is C21H31FN4O. The van der Waals surface area contributed by atoms with E-state index in [2.05, 4.69) is 27.6 Å². The molecule has 3 aliphatic heterocycles. The summed E-state index contributed by atoms with van der Waals surface area (Å²) in [6, 6.07) is 7.36. The first-order chi connectivity index (χ1) is 13.2. The first kappa shape index (κ1) is 18.8. The molecule has 3 atom stereocenters. The zero-order chi connectivity index (χ0) is 18.8. The van der Waals surface area contributed by atoms with Crippen LogP contribution in [0.4, 0.5) is 4.39 Å². The van der Waals surface area contributed by atoms with Crippen LogP contribution in [0.3, 0.4) is 0 Å². The third-order valence-corrected chi connectivity index (χ3v) is 6.72. The molecule has 1 aromatic rings. The number of hydrazine groups is 1. The van der Waals surface area contributed by atoms with E-state index in [9.17, 15) is 9.18 Å². The molecular weight excluding hydrogens is 343 g/mol. The number of nitrogens with one attached hydrogen (secondary N) is 2. The van der Waals surface area contributed by atoms with Gasteiger partial charge in [-0.25, -0.2) is 4.39 Å². The van der Waals surface area contributed by atoms with E-state index in [1.165, 1.54) is 6.07 Å². The summed E-state index contributed by atoms with van der Waals surface area (Å²) in [4.78, 5) is 17.3. The molecule has 3 aliphatic rings. The van der Waals surface area contributed by atoms with Crippen molar-refractivity contribution in [3.63, 3.8) is 0 Å². The number of rotatable bonds is 4. The zero-order valence-electron chi connectivity index (χ0n) is 16.2. The van der Waals surface area contributed by atoms with Gasteiger partial charge in [0.2, 0.25) is 5.91 Å². The van der Waals surface area contributed by atoms with Gasteiger partial charge in [-0.05, 0) is 62.4 Å². The lowest BCUT2D eigenvalue weighted by atomic mass is 9.80. The summed E-state index contributed by atoms with van der Waals surface area (Å²) in [5.41, 5.74) is 7.75. The van der Waals surface area contributed by atoms with Crippen LogP contribution in [0.15, 0.2) is 24.3 Å². The van der Waals surface area contributed by atoms with Gasteiger partial charge in [0.25, 0.3) is 0 Å². The average molecular weight is 375 g/mol. The standard InChI is InChI=1S/C21H31FN4O/c1-2-25-10-4-7-19(25)21(27)26-11-8-15(9-12-26)20-18(14-23-24-20)16-5-3-6-17(22)13-16/h3,5-6,13,15,18-20,23-24H,2,4,7-12,14H2,1H3. The van der Waals surface area contributed by atoms with E-state index < -0.39 is 0 Å². The Morgan fingerprint density at radius 3 is 2.78 bits per heavy atom. The Balaban J connectivity index is 1.36. The van der Waals surface area contributed by atoms with Gasteiger partial charge in [0, 0.05) is 31.6 Å². The number of hydrogen-bond acceptors (Lipinski definition) is 4. The summed E-state index contributed by atoms with van der Waals surface area (Å²) < 4.78 is 13.6. The molecule has 0 aliphatic carbocycles. The number of likely N-dealkylation sites (tertiary alicyclic amines) is 2. The number of benzene rings is 1. The van der Waals surface area contributed by atoms with Crippen LogP contribution in [-0.2, 0) is 4.79 Å². The van der Waals surface area contributed by atoms with Gasteiger partial charge < -0.3 is 4.90 Å². The Morgan fingerprint density at radius 1 is 1.22 bits per heavy atom. The van der Waals surface area contributed by atoms with Crippen LogP contribution >= 0.6 is 0 Å². The van der Waals surface area contributed by atoms with Gasteiger partial charge in [-0.1, -0.05) is 19.1 Å². The summed E-state index contributed by atoms with van der Waals surface area (Å²) in [5, 5.41) is 0. The third-order valence-electron chi connectivity index (χ3n) is 6.72. The van der Waals surface area contributed by atoms with Gasteiger partial charge >= 0.3 is 0 Å². The van der Waals surface area contributed by atoms with Crippen molar-refractivity contribution in [2.75, 3.05) is 32.7 Å². The van der Waals surface area contributed by atoms with Crippen LogP contribution < -0.4 is 10.9 Å². The maximum absolute atomic E-state index is 13.6. The summed E-state index contributed by atoms with van der Waals surface area (Å²) >= 11 is 0. The molecule has 1 aromatic carbocycles. The summed E-state index contributed by atoms with van der Waals surface area (Å²) in [6.07, 6.45) is 4.15. The molecule has 27 heavy (non-hydrogen) atoms. The molecule has 3 unspecified atom stereocenters. The van der Waals surface area contributed by atoms with Crippen LogP contribution in [-0.4, -0.2) is 60.5 Å². The second-order valence-electron chi connectivity index (χ2n) is 8.16. The molecule has 0 saturated carbocycles. The number of likely N-dealkylation sites (N-methyl/N-ethyl adjacent to an activating group) is 1. The highest BCUT2D eigenvalue weighted by molar-refractivity contribution is 5.82. The molecule has 6 heteroatoms. The van der Waals surface area contributed by atoms with Crippen molar-refractivity contribution in [3.8, 4) is 0 Å². The van der Waals surface area contributed by atoms with Crippen molar-refractivity contribution < 1.29 is 9.18 Å². The lowest BCUT2D eigenvalue weighted by molar-refractivity contribution is -0.137.